The first-order chi connectivity index (χ1) is 8.28. The molecule has 1 rings (SSSR count). The number of hydrogen-bond acceptors (Lipinski definition) is 3. The maximum Gasteiger partial charge on any atom is 0.306 e. The maximum atomic E-state index is 11.7. The van der Waals surface area contributed by atoms with Crippen LogP contribution in [0, 0.1) is 5.92 Å². The van der Waals surface area contributed by atoms with E-state index >= 15 is 0 Å². The topological polar surface area (TPSA) is 66.4 Å². The minimum absolute atomic E-state index is 0.0636. The second-order valence-corrected chi connectivity index (χ2v) is 7.66. The lowest BCUT2D eigenvalue weighted by Gasteiger charge is -2.27. The van der Waals surface area contributed by atoms with Gasteiger partial charge in [-0.05, 0) is 25.7 Å². The average Bonchev–Trinajstić information content (AvgIpc) is 2.26. The summed E-state index contributed by atoms with van der Waals surface area (Å²) in [5.74, 6) is -0.388. The zero-order valence-electron chi connectivity index (χ0n) is 11.4. The number of carboxylic acids is 1. The largest absolute Gasteiger partial charge is 0.481 e. The Labute approximate surface area is 113 Å². The summed E-state index contributed by atoms with van der Waals surface area (Å²) in [5.41, 5.74) is 0. The van der Waals surface area contributed by atoms with Gasteiger partial charge in [0.1, 0.15) is 0 Å². The third-order valence-corrected chi connectivity index (χ3v) is 4.35. The minimum Gasteiger partial charge on any atom is -0.481 e. The molecule has 0 aromatic carbocycles. The van der Waals surface area contributed by atoms with Crippen LogP contribution in [0.4, 0.5) is 0 Å². The van der Waals surface area contributed by atoms with Gasteiger partial charge in [0.05, 0.1) is 11.7 Å². The first kappa shape index (κ1) is 15.3. The fourth-order valence-corrected chi connectivity index (χ4v) is 2.68. The second kappa shape index (κ2) is 6.45. The van der Waals surface area contributed by atoms with Crippen molar-refractivity contribution >= 4 is 23.6 Å². The molecule has 0 heterocycles. The van der Waals surface area contributed by atoms with Gasteiger partial charge in [-0.1, -0.05) is 20.8 Å². The zero-order chi connectivity index (χ0) is 13.8. The Hall–Kier alpha value is -0.710. The number of carboxylic acid groups (broad SMARTS) is 1. The van der Waals surface area contributed by atoms with Crippen LogP contribution >= 0.6 is 11.8 Å². The van der Waals surface area contributed by atoms with Gasteiger partial charge in [-0.2, -0.15) is 0 Å². The minimum atomic E-state index is -0.705. The Morgan fingerprint density at radius 3 is 2.22 bits per heavy atom. The lowest BCUT2D eigenvalue weighted by atomic mass is 9.86. The highest BCUT2D eigenvalue weighted by Gasteiger charge is 2.26. The average molecular weight is 273 g/mol. The number of thioether (sulfide) groups is 1. The van der Waals surface area contributed by atoms with Gasteiger partial charge in [-0.15, -0.1) is 11.8 Å². The van der Waals surface area contributed by atoms with Crippen molar-refractivity contribution in [1.82, 2.24) is 5.32 Å². The molecular weight excluding hydrogens is 250 g/mol. The van der Waals surface area contributed by atoms with Gasteiger partial charge in [0, 0.05) is 10.8 Å². The van der Waals surface area contributed by atoms with Crippen molar-refractivity contribution in [2.24, 2.45) is 5.92 Å². The molecule has 1 aliphatic rings. The maximum absolute atomic E-state index is 11.7. The third kappa shape index (κ3) is 5.76. The van der Waals surface area contributed by atoms with Gasteiger partial charge in [0.25, 0.3) is 0 Å². The van der Waals surface area contributed by atoms with Crippen LogP contribution in [-0.4, -0.2) is 33.5 Å². The number of nitrogens with one attached hydrogen (secondary N) is 1. The summed E-state index contributed by atoms with van der Waals surface area (Å²) in [4.78, 5) is 22.5. The lowest BCUT2D eigenvalue weighted by molar-refractivity contribution is -0.142. The summed E-state index contributed by atoms with van der Waals surface area (Å²) in [7, 11) is 0. The van der Waals surface area contributed by atoms with E-state index < -0.39 is 5.97 Å². The molecular formula is C13H23NO3S. The predicted molar refractivity (Wildman–Crippen MR) is 73.7 cm³/mol. The monoisotopic (exact) mass is 273 g/mol. The molecule has 0 unspecified atom stereocenters. The van der Waals surface area contributed by atoms with Crippen LogP contribution in [0.2, 0.25) is 0 Å². The van der Waals surface area contributed by atoms with E-state index in [4.69, 9.17) is 5.11 Å². The van der Waals surface area contributed by atoms with Crippen LogP contribution in [0.25, 0.3) is 0 Å². The Morgan fingerprint density at radius 2 is 1.78 bits per heavy atom. The molecule has 1 amide bonds. The molecule has 1 aliphatic carbocycles. The standard InChI is InChI=1S/C13H23NO3S/c1-13(2,3)18-8-11(15)14-10-6-4-9(5-7-10)12(16)17/h9-10H,4-8H2,1-3H3,(H,14,15)(H,16,17). The highest BCUT2D eigenvalue weighted by atomic mass is 32.2. The molecule has 2 N–H and O–H groups in total. The number of rotatable bonds is 4. The third-order valence-electron chi connectivity index (χ3n) is 3.08. The zero-order valence-corrected chi connectivity index (χ0v) is 12.2. The molecule has 0 aromatic rings. The molecule has 104 valence electrons. The molecule has 1 fully saturated rings. The summed E-state index contributed by atoms with van der Waals surface area (Å²) in [6, 6.07) is 0.161. The fraction of sp³-hybridized carbons (Fsp3) is 0.846. The van der Waals surface area contributed by atoms with E-state index in [1.165, 1.54) is 0 Å². The number of aliphatic carboxylic acids is 1. The summed E-state index contributed by atoms with van der Waals surface area (Å²) >= 11 is 1.63. The van der Waals surface area contributed by atoms with Crippen molar-refractivity contribution < 1.29 is 14.7 Å². The highest BCUT2D eigenvalue weighted by molar-refractivity contribution is 8.01. The first-order valence-electron chi connectivity index (χ1n) is 6.44. The number of amides is 1. The van der Waals surface area contributed by atoms with Gasteiger partial charge in [-0.25, -0.2) is 0 Å². The first-order valence-corrected chi connectivity index (χ1v) is 7.42. The van der Waals surface area contributed by atoms with E-state index in [1.807, 2.05) is 0 Å². The van der Waals surface area contributed by atoms with Crippen LogP contribution in [0.1, 0.15) is 46.5 Å². The van der Waals surface area contributed by atoms with Crippen LogP contribution in [0.15, 0.2) is 0 Å². The fourth-order valence-electron chi connectivity index (χ4n) is 2.04. The number of hydrogen-bond donors (Lipinski definition) is 2. The van der Waals surface area contributed by atoms with Crippen LogP contribution < -0.4 is 5.32 Å². The highest BCUT2D eigenvalue weighted by Crippen LogP contribution is 2.25. The molecule has 0 saturated heterocycles. The Kier molecular flexibility index (Phi) is 5.50. The molecule has 0 atom stereocenters. The van der Waals surface area contributed by atoms with Gasteiger partial charge in [0.2, 0.25) is 5.91 Å². The predicted octanol–water partition coefficient (Wildman–Crippen LogP) is 2.28. The second-order valence-electron chi connectivity index (χ2n) is 5.86. The van der Waals surface area contributed by atoms with E-state index in [0.717, 1.165) is 12.8 Å². The molecule has 0 aliphatic heterocycles. The summed E-state index contributed by atoms with van der Waals surface area (Å²) in [6.07, 6.45) is 2.91. The van der Waals surface area contributed by atoms with Gasteiger partial charge >= 0.3 is 5.97 Å². The van der Waals surface area contributed by atoms with Gasteiger partial charge in [-0.3, -0.25) is 9.59 Å². The molecule has 0 radical (unpaired) electrons. The van der Waals surface area contributed by atoms with Crippen molar-refractivity contribution in [1.29, 1.82) is 0 Å². The molecule has 18 heavy (non-hydrogen) atoms. The molecule has 1 saturated carbocycles. The molecule has 0 bridgehead atoms. The van der Waals surface area contributed by atoms with E-state index in [1.54, 1.807) is 11.8 Å². The molecule has 0 aromatic heterocycles. The summed E-state index contributed by atoms with van der Waals surface area (Å²) in [6.45, 7) is 6.26. The Bertz CT molecular complexity index is 304. The van der Waals surface area contributed by atoms with Gasteiger partial charge in [0.15, 0.2) is 0 Å². The van der Waals surface area contributed by atoms with Crippen molar-refractivity contribution in [2.75, 3.05) is 5.75 Å². The van der Waals surface area contributed by atoms with Gasteiger partial charge < -0.3 is 10.4 Å². The van der Waals surface area contributed by atoms with Crippen molar-refractivity contribution in [3.63, 3.8) is 0 Å². The smallest absolute Gasteiger partial charge is 0.306 e. The lowest BCUT2D eigenvalue weighted by Crippen LogP contribution is -2.40. The van der Waals surface area contributed by atoms with Crippen molar-refractivity contribution in [2.45, 2.75) is 57.2 Å². The van der Waals surface area contributed by atoms with Crippen LogP contribution in [-0.2, 0) is 9.59 Å². The Balaban J connectivity index is 2.24. The van der Waals surface area contributed by atoms with Crippen molar-refractivity contribution in [3.05, 3.63) is 0 Å². The quantitative estimate of drug-likeness (QED) is 0.824. The SMILES string of the molecule is CC(C)(C)SCC(=O)NC1CCC(C(=O)O)CC1. The normalized spacial score (nSPS) is 24.6. The van der Waals surface area contributed by atoms with E-state index in [9.17, 15) is 9.59 Å². The molecule has 5 heteroatoms. The van der Waals surface area contributed by atoms with Crippen LogP contribution in [0.5, 0.6) is 0 Å². The van der Waals surface area contributed by atoms with E-state index in [2.05, 4.69) is 26.1 Å². The molecule has 4 nitrogen and oxygen atoms in total. The number of carbonyl (C=O) groups excluding carboxylic acids is 1. The van der Waals surface area contributed by atoms with Crippen LogP contribution in [0.3, 0.4) is 0 Å². The van der Waals surface area contributed by atoms with Crippen molar-refractivity contribution in [3.8, 4) is 0 Å². The Morgan fingerprint density at radius 1 is 1.22 bits per heavy atom. The number of carbonyl (C=O) groups is 2. The summed E-state index contributed by atoms with van der Waals surface area (Å²) < 4.78 is 0.0955. The van der Waals surface area contributed by atoms with E-state index in [0.29, 0.717) is 18.6 Å². The molecule has 0 spiro atoms. The summed E-state index contributed by atoms with van der Waals surface area (Å²) in [5, 5.41) is 11.9. The van der Waals surface area contributed by atoms with E-state index in [-0.39, 0.29) is 22.6 Å².